The van der Waals surface area contributed by atoms with E-state index < -0.39 is 17.9 Å². The summed E-state index contributed by atoms with van der Waals surface area (Å²) in [5, 5.41) is 17.7. The van der Waals surface area contributed by atoms with Gasteiger partial charge in [0.15, 0.2) is 0 Å². The van der Waals surface area contributed by atoms with Crippen molar-refractivity contribution in [3.8, 4) is 0 Å². The molecule has 3 rings (SSSR count). The van der Waals surface area contributed by atoms with Crippen molar-refractivity contribution < 1.29 is 14.7 Å². The minimum atomic E-state index is -0.729. The number of fused-ring (bicyclic) bond motifs is 1. The predicted molar refractivity (Wildman–Crippen MR) is 116 cm³/mol. The number of hydrogen-bond acceptors (Lipinski definition) is 3. The molecule has 5 nitrogen and oxygen atoms in total. The Morgan fingerprint density at radius 3 is 2.31 bits per heavy atom. The summed E-state index contributed by atoms with van der Waals surface area (Å²) in [5.74, 6) is -1.04. The maximum Gasteiger partial charge on any atom is 0.313 e. The minimum Gasteiger partial charge on any atom is -0.388 e. The monoisotopic (exact) mass is 390 g/mol. The van der Waals surface area contributed by atoms with Gasteiger partial charge in [-0.3, -0.25) is 9.59 Å². The van der Waals surface area contributed by atoms with Crippen LogP contribution in [0.3, 0.4) is 0 Å². The van der Waals surface area contributed by atoms with Crippen LogP contribution < -0.4 is 10.6 Å². The Hall–Kier alpha value is -3.18. The second-order valence-corrected chi connectivity index (χ2v) is 7.36. The van der Waals surface area contributed by atoms with Gasteiger partial charge in [-0.2, -0.15) is 0 Å². The fraction of sp³-hybridized carbons (Fsp3) is 0.250. The van der Waals surface area contributed by atoms with E-state index in [4.69, 9.17) is 0 Å². The van der Waals surface area contributed by atoms with E-state index in [0.717, 1.165) is 21.9 Å². The van der Waals surface area contributed by atoms with Gasteiger partial charge in [-0.25, -0.2) is 0 Å². The summed E-state index contributed by atoms with van der Waals surface area (Å²) in [5.41, 5.74) is 2.55. The first-order valence-corrected chi connectivity index (χ1v) is 9.80. The highest BCUT2D eigenvalue weighted by Crippen LogP contribution is 2.25. The highest BCUT2D eigenvalue weighted by atomic mass is 16.3. The van der Waals surface area contributed by atoms with E-state index in [2.05, 4.69) is 24.5 Å². The zero-order valence-corrected chi connectivity index (χ0v) is 16.7. The fourth-order valence-corrected chi connectivity index (χ4v) is 3.24. The number of anilines is 1. The molecule has 0 aromatic heterocycles. The van der Waals surface area contributed by atoms with Crippen LogP contribution in [0.5, 0.6) is 0 Å². The highest BCUT2D eigenvalue weighted by Gasteiger charge is 2.15. The molecule has 1 unspecified atom stereocenters. The molecule has 0 saturated heterocycles. The van der Waals surface area contributed by atoms with Gasteiger partial charge in [-0.05, 0) is 46.4 Å². The molecule has 150 valence electrons. The van der Waals surface area contributed by atoms with Crippen LogP contribution in [0.4, 0.5) is 5.69 Å². The summed E-state index contributed by atoms with van der Waals surface area (Å²) in [6.07, 6.45) is -0.413. The standard InChI is InChI=1S/C24H26N2O3/c1-16(2)17-10-12-19(13-11-17)26-24(29)23(28)25-15-14-22(27)21-9-5-7-18-6-3-4-8-20(18)21/h3-13,16,22,27H,14-15H2,1-2H3,(H,25,28)(H,26,29). The summed E-state index contributed by atoms with van der Waals surface area (Å²) >= 11 is 0. The van der Waals surface area contributed by atoms with E-state index in [9.17, 15) is 14.7 Å². The van der Waals surface area contributed by atoms with Gasteiger partial charge in [0, 0.05) is 12.2 Å². The largest absolute Gasteiger partial charge is 0.388 e. The number of carbonyl (C=O) groups is 2. The molecule has 29 heavy (non-hydrogen) atoms. The van der Waals surface area contributed by atoms with Gasteiger partial charge in [0.2, 0.25) is 0 Å². The molecule has 0 saturated carbocycles. The summed E-state index contributed by atoms with van der Waals surface area (Å²) in [7, 11) is 0. The number of aliphatic hydroxyl groups is 1. The number of rotatable bonds is 6. The van der Waals surface area contributed by atoms with Crippen LogP contribution in [0.1, 0.15) is 43.4 Å². The molecule has 0 bridgehead atoms. The van der Waals surface area contributed by atoms with Crippen molar-refractivity contribution >= 4 is 28.3 Å². The first-order valence-electron chi connectivity index (χ1n) is 9.80. The first kappa shape index (κ1) is 20.6. The zero-order chi connectivity index (χ0) is 20.8. The maximum absolute atomic E-state index is 12.1. The molecular formula is C24H26N2O3. The molecule has 3 N–H and O–H groups in total. The van der Waals surface area contributed by atoms with Crippen LogP contribution in [0.2, 0.25) is 0 Å². The van der Waals surface area contributed by atoms with Crippen LogP contribution >= 0.6 is 0 Å². The van der Waals surface area contributed by atoms with E-state index in [0.29, 0.717) is 18.0 Å². The Bertz CT molecular complexity index is 991. The molecule has 0 aliphatic carbocycles. The van der Waals surface area contributed by atoms with Crippen molar-refractivity contribution in [2.75, 3.05) is 11.9 Å². The van der Waals surface area contributed by atoms with Crippen molar-refractivity contribution in [3.05, 3.63) is 77.9 Å². The van der Waals surface area contributed by atoms with E-state index >= 15 is 0 Å². The Morgan fingerprint density at radius 2 is 1.59 bits per heavy atom. The van der Waals surface area contributed by atoms with Crippen molar-refractivity contribution in [2.24, 2.45) is 0 Å². The van der Waals surface area contributed by atoms with Crippen molar-refractivity contribution in [1.82, 2.24) is 5.32 Å². The van der Waals surface area contributed by atoms with Crippen LogP contribution in [0.25, 0.3) is 10.8 Å². The molecule has 2 amide bonds. The Kier molecular flexibility index (Phi) is 6.62. The number of nitrogens with one attached hydrogen (secondary N) is 2. The summed E-state index contributed by atoms with van der Waals surface area (Å²) in [6, 6.07) is 21.0. The van der Waals surface area contributed by atoms with E-state index in [1.807, 2.05) is 54.6 Å². The maximum atomic E-state index is 12.1. The Labute approximate surface area is 170 Å². The van der Waals surface area contributed by atoms with E-state index in [-0.39, 0.29) is 6.54 Å². The lowest BCUT2D eigenvalue weighted by Crippen LogP contribution is -2.36. The van der Waals surface area contributed by atoms with Crippen LogP contribution in [-0.2, 0) is 9.59 Å². The Morgan fingerprint density at radius 1 is 0.897 bits per heavy atom. The lowest BCUT2D eigenvalue weighted by Gasteiger charge is -2.14. The SMILES string of the molecule is CC(C)c1ccc(NC(=O)C(=O)NCCC(O)c2cccc3ccccc23)cc1. The molecule has 0 aliphatic heterocycles. The number of carbonyl (C=O) groups excluding carboxylic acids is 2. The third-order valence-corrected chi connectivity index (χ3v) is 4.93. The van der Waals surface area contributed by atoms with Gasteiger partial charge in [0.1, 0.15) is 0 Å². The van der Waals surface area contributed by atoms with Crippen molar-refractivity contribution in [3.63, 3.8) is 0 Å². The first-order chi connectivity index (χ1) is 14.0. The predicted octanol–water partition coefficient (Wildman–Crippen LogP) is 4.14. The molecule has 0 fully saturated rings. The third-order valence-electron chi connectivity index (χ3n) is 4.93. The number of amides is 2. The van der Waals surface area contributed by atoms with Crippen LogP contribution in [-0.4, -0.2) is 23.5 Å². The van der Waals surface area contributed by atoms with Gasteiger partial charge in [-0.1, -0.05) is 68.4 Å². The van der Waals surface area contributed by atoms with E-state index in [1.54, 1.807) is 12.1 Å². The second kappa shape index (κ2) is 9.34. The molecule has 1 atom stereocenters. The Balaban J connectivity index is 1.51. The smallest absolute Gasteiger partial charge is 0.313 e. The number of aliphatic hydroxyl groups excluding tert-OH is 1. The summed E-state index contributed by atoms with van der Waals surface area (Å²) in [6.45, 7) is 4.38. The highest BCUT2D eigenvalue weighted by molar-refractivity contribution is 6.39. The third kappa shape index (κ3) is 5.21. The minimum absolute atomic E-state index is 0.197. The molecule has 3 aromatic rings. The quantitative estimate of drug-likeness (QED) is 0.554. The molecule has 0 aliphatic rings. The van der Waals surface area contributed by atoms with Crippen molar-refractivity contribution in [1.29, 1.82) is 0 Å². The molecule has 0 spiro atoms. The van der Waals surface area contributed by atoms with Gasteiger partial charge < -0.3 is 15.7 Å². The average molecular weight is 390 g/mol. The second-order valence-electron chi connectivity index (χ2n) is 7.36. The lowest BCUT2D eigenvalue weighted by atomic mass is 9.99. The number of benzene rings is 3. The van der Waals surface area contributed by atoms with Crippen LogP contribution in [0, 0.1) is 0 Å². The van der Waals surface area contributed by atoms with Gasteiger partial charge in [0.25, 0.3) is 0 Å². The summed E-state index contributed by atoms with van der Waals surface area (Å²) < 4.78 is 0. The number of hydrogen-bond donors (Lipinski definition) is 3. The van der Waals surface area contributed by atoms with E-state index in [1.165, 1.54) is 0 Å². The lowest BCUT2D eigenvalue weighted by molar-refractivity contribution is -0.136. The molecule has 0 radical (unpaired) electrons. The molecule has 0 heterocycles. The molecule has 3 aromatic carbocycles. The van der Waals surface area contributed by atoms with Gasteiger partial charge in [-0.15, -0.1) is 0 Å². The zero-order valence-electron chi connectivity index (χ0n) is 16.7. The molecular weight excluding hydrogens is 364 g/mol. The van der Waals surface area contributed by atoms with Crippen molar-refractivity contribution in [2.45, 2.75) is 32.3 Å². The van der Waals surface area contributed by atoms with Gasteiger partial charge >= 0.3 is 11.8 Å². The summed E-state index contributed by atoms with van der Waals surface area (Å²) in [4.78, 5) is 24.1. The average Bonchev–Trinajstić information content (AvgIpc) is 2.73. The van der Waals surface area contributed by atoms with Crippen LogP contribution in [0.15, 0.2) is 66.7 Å². The van der Waals surface area contributed by atoms with Gasteiger partial charge in [0.05, 0.1) is 6.10 Å². The fourth-order valence-electron chi connectivity index (χ4n) is 3.24. The normalized spacial score (nSPS) is 12.0. The molecule has 5 heteroatoms. The topological polar surface area (TPSA) is 78.4 Å².